The van der Waals surface area contributed by atoms with E-state index in [1.54, 1.807) is 48.2 Å². The van der Waals surface area contributed by atoms with Crippen molar-refractivity contribution in [3.8, 4) is 11.5 Å². The highest BCUT2D eigenvalue weighted by Gasteiger charge is 2.32. The summed E-state index contributed by atoms with van der Waals surface area (Å²) in [4.78, 5) is 14.5. The zero-order valence-electron chi connectivity index (χ0n) is 16.7. The standard InChI is InChI=1S/C21H26N2O5S/c1-3-27-18-9-11-20(12-10-18)29(25,26)23-15-13-22(14-16-23)21(24)17(2)28-19-7-5-4-6-8-19/h4-12,17H,3,13-16H2,1-2H3/t17-/m1/s1. The summed E-state index contributed by atoms with van der Waals surface area (Å²) in [6.45, 7) is 5.26. The molecule has 1 amide bonds. The SMILES string of the molecule is CCOc1ccc(S(=O)(=O)N2CCN(C(=O)[C@@H](C)Oc3ccccc3)CC2)cc1. The molecule has 0 aromatic heterocycles. The van der Waals surface area contributed by atoms with Crippen LogP contribution in [0, 0.1) is 0 Å². The van der Waals surface area contributed by atoms with Gasteiger partial charge in [-0.15, -0.1) is 0 Å². The topological polar surface area (TPSA) is 76.2 Å². The largest absolute Gasteiger partial charge is 0.494 e. The number of nitrogens with zero attached hydrogens (tertiary/aromatic N) is 2. The molecule has 1 atom stereocenters. The molecule has 29 heavy (non-hydrogen) atoms. The molecule has 0 aliphatic carbocycles. The Hall–Kier alpha value is -2.58. The molecule has 2 aromatic carbocycles. The Morgan fingerprint density at radius 1 is 0.966 bits per heavy atom. The van der Waals surface area contributed by atoms with Crippen LogP contribution in [0.1, 0.15) is 13.8 Å². The van der Waals surface area contributed by atoms with Gasteiger partial charge in [-0.25, -0.2) is 8.42 Å². The van der Waals surface area contributed by atoms with Crippen molar-refractivity contribution in [3.05, 3.63) is 54.6 Å². The number of rotatable bonds is 7. The lowest BCUT2D eigenvalue weighted by atomic mass is 10.3. The number of hydrogen-bond donors (Lipinski definition) is 0. The number of carbonyl (C=O) groups excluding carboxylic acids is 1. The van der Waals surface area contributed by atoms with Crippen LogP contribution in [0.4, 0.5) is 0 Å². The Balaban J connectivity index is 1.58. The summed E-state index contributed by atoms with van der Waals surface area (Å²) in [5.74, 6) is 1.12. The number of carbonyl (C=O) groups is 1. The van der Waals surface area contributed by atoms with E-state index in [0.29, 0.717) is 31.2 Å². The van der Waals surface area contributed by atoms with E-state index in [1.165, 1.54) is 4.31 Å². The normalized spacial score (nSPS) is 16.3. The summed E-state index contributed by atoms with van der Waals surface area (Å²) in [5.41, 5.74) is 0. The average molecular weight is 419 g/mol. The smallest absolute Gasteiger partial charge is 0.263 e. The van der Waals surface area contributed by atoms with Gasteiger partial charge in [0.15, 0.2) is 6.10 Å². The maximum absolute atomic E-state index is 12.9. The molecule has 8 heteroatoms. The van der Waals surface area contributed by atoms with Gasteiger partial charge >= 0.3 is 0 Å². The molecule has 2 aromatic rings. The molecule has 7 nitrogen and oxygen atoms in total. The molecule has 0 bridgehead atoms. The second-order valence-corrected chi connectivity index (χ2v) is 8.64. The van der Waals surface area contributed by atoms with Gasteiger partial charge in [-0.1, -0.05) is 18.2 Å². The van der Waals surface area contributed by atoms with Crippen LogP contribution in [-0.2, 0) is 14.8 Å². The molecule has 0 saturated carbocycles. The first-order valence-electron chi connectivity index (χ1n) is 9.65. The molecular weight excluding hydrogens is 392 g/mol. The van der Waals surface area contributed by atoms with Crippen LogP contribution in [0.3, 0.4) is 0 Å². The Kier molecular flexibility index (Phi) is 6.76. The first-order chi connectivity index (χ1) is 13.9. The van der Waals surface area contributed by atoms with Gasteiger partial charge in [-0.3, -0.25) is 4.79 Å². The van der Waals surface area contributed by atoms with Crippen LogP contribution in [0.15, 0.2) is 59.5 Å². The number of ether oxygens (including phenoxy) is 2. The lowest BCUT2D eigenvalue weighted by Crippen LogP contribution is -2.53. The zero-order valence-corrected chi connectivity index (χ0v) is 17.5. The van der Waals surface area contributed by atoms with Gasteiger partial charge in [0.2, 0.25) is 10.0 Å². The summed E-state index contributed by atoms with van der Waals surface area (Å²) < 4.78 is 38.2. The maximum Gasteiger partial charge on any atom is 0.263 e. The lowest BCUT2D eigenvalue weighted by molar-refractivity contribution is -0.139. The Labute approximate surface area is 171 Å². The Morgan fingerprint density at radius 2 is 1.59 bits per heavy atom. The van der Waals surface area contributed by atoms with Crippen LogP contribution in [0.5, 0.6) is 11.5 Å². The van der Waals surface area contributed by atoms with Crippen molar-refractivity contribution in [2.45, 2.75) is 24.8 Å². The van der Waals surface area contributed by atoms with E-state index < -0.39 is 16.1 Å². The highest BCUT2D eigenvalue weighted by molar-refractivity contribution is 7.89. The van der Waals surface area contributed by atoms with E-state index >= 15 is 0 Å². The molecule has 1 saturated heterocycles. The summed E-state index contributed by atoms with van der Waals surface area (Å²) in [7, 11) is -3.60. The predicted octanol–water partition coefficient (Wildman–Crippen LogP) is 2.39. The fraction of sp³-hybridized carbons (Fsp3) is 0.381. The van der Waals surface area contributed by atoms with Crippen molar-refractivity contribution < 1.29 is 22.7 Å². The van der Waals surface area contributed by atoms with Gasteiger partial charge in [0, 0.05) is 26.2 Å². The molecular formula is C21H26N2O5S. The van der Waals surface area contributed by atoms with Crippen molar-refractivity contribution >= 4 is 15.9 Å². The molecule has 3 rings (SSSR count). The van der Waals surface area contributed by atoms with Gasteiger partial charge in [0.1, 0.15) is 11.5 Å². The summed E-state index contributed by atoms with van der Waals surface area (Å²) >= 11 is 0. The molecule has 1 fully saturated rings. The molecule has 1 aliphatic rings. The third-order valence-corrected chi connectivity index (χ3v) is 6.64. The molecule has 0 spiro atoms. The minimum absolute atomic E-state index is 0.146. The van der Waals surface area contributed by atoms with Crippen LogP contribution in [0.25, 0.3) is 0 Å². The molecule has 156 valence electrons. The predicted molar refractivity (Wildman–Crippen MR) is 109 cm³/mol. The van der Waals surface area contributed by atoms with Crippen molar-refractivity contribution in [2.24, 2.45) is 0 Å². The minimum Gasteiger partial charge on any atom is -0.494 e. The quantitative estimate of drug-likeness (QED) is 0.690. The number of para-hydroxylation sites is 1. The molecule has 0 N–H and O–H groups in total. The second kappa shape index (κ2) is 9.28. The van der Waals surface area contributed by atoms with Gasteiger partial charge in [-0.2, -0.15) is 4.31 Å². The number of hydrogen-bond acceptors (Lipinski definition) is 5. The van der Waals surface area contributed by atoms with E-state index in [2.05, 4.69) is 0 Å². The first-order valence-corrected chi connectivity index (χ1v) is 11.1. The van der Waals surface area contributed by atoms with Crippen molar-refractivity contribution in [2.75, 3.05) is 32.8 Å². The lowest BCUT2D eigenvalue weighted by Gasteiger charge is -2.35. The fourth-order valence-electron chi connectivity index (χ4n) is 3.18. The van der Waals surface area contributed by atoms with Gasteiger partial charge in [-0.05, 0) is 50.2 Å². The van der Waals surface area contributed by atoms with Gasteiger partial charge < -0.3 is 14.4 Å². The number of amides is 1. The molecule has 0 unspecified atom stereocenters. The van der Waals surface area contributed by atoms with Crippen LogP contribution in [0.2, 0.25) is 0 Å². The zero-order chi connectivity index (χ0) is 20.9. The summed E-state index contributed by atoms with van der Waals surface area (Å²) in [6.07, 6.45) is -0.633. The fourth-order valence-corrected chi connectivity index (χ4v) is 4.61. The highest BCUT2D eigenvalue weighted by atomic mass is 32.2. The third-order valence-electron chi connectivity index (χ3n) is 4.73. The second-order valence-electron chi connectivity index (χ2n) is 6.71. The third kappa shape index (κ3) is 5.07. The van der Waals surface area contributed by atoms with Crippen LogP contribution >= 0.6 is 0 Å². The van der Waals surface area contributed by atoms with Crippen molar-refractivity contribution in [1.82, 2.24) is 9.21 Å². The van der Waals surface area contributed by atoms with Gasteiger partial charge in [0.05, 0.1) is 11.5 Å². The Morgan fingerprint density at radius 3 is 2.17 bits per heavy atom. The number of benzene rings is 2. The van der Waals surface area contributed by atoms with E-state index in [4.69, 9.17) is 9.47 Å². The molecule has 1 heterocycles. The number of piperazine rings is 1. The maximum atomic E-state index is 12.9. The van der Waals surface area contributed by atoms with E-state index in [9.17, 15) is 13.2 Å². The van der Waals surface area contributed by atoms with Crippen molar-refractivity contribution in [3.63, 3.8) is 0 Å². The molecule has 1 aliphatic heterocycles. The van der Waals surface area contributed by atoms with Crippen LogP contribution < -0.4 is 9.47 Å². The Bertz CT molecular complexity index is 908. The van der Waals surface area contributed by atoms with E-state index in [0.717, 1.165) is 0 Å². The summed E-state index contributed by atoms with van der Waals surface area (Å²) in [5, 5.41) is 0. The monoisotopic (exact) mass is 418 g/mol. The average Bonchev–Trinajstić information content (AvgIpc) is 2.74. The van der Waals surface area contributed by atoms with Gasteiger partial charge in [0.25, 0.3) is 5.91 Å². The molecule has 0 radical (unpaired) electrons. The number of sulfonamides is 1. The first kappa shape index (κ1) is 21.1. The summed E-state index contributed by atoms with van der Waals surface area (Å²) in [6, 6.07) is 15.6. The van der Waals surface area contributed by atoms with Crippen molar-refractivity contribution in [1.29, 1.82) is 0 Å². The van der Waals surface area contributed by atoms with Crippen LogP contribution in [-0.4, -0.2) is 62.4 Å². The minimum atomic E-state index is -3.60. The highest BCUT2D eigenvalue weighted by Crippen LogP contribution is 2.21. The van der Waals surface area contributed by atoms with E-state index in [-0.39, 0.29) is 23.9 Å². The van der Waals surface area contributed by atoms with E-state index in [1.807, 2.05) is 25.1 Å².